The molecule has 1 aromatic rings. The van der Waals surface area contributed by atoms with Crippen LogP contribution in [0.5, 0.6) is 0 Å². The maximum Gasteiger partial charge on any atom is 0.216 e. The van der Waals surface area contributed by atoms with Crippen molar-refractivity contribution in [2.75, 3.05) is 6.54 Å². The van der Waals surface area contributed by atoms with Gasteiger partial charge >= 0.3 is 0 Å². The Labute approximate surface area is 117 Å². The summed E-state index contributed by atoms with van der Waals surface area (Å²) in [7, 11) is 0. The maximum absolute atomic E-state index is 12.5. The molecule has 1 aromatic carbocycles. The molecule has 2 rings (SSSR count). The molecule has 0 aliphatic heterocycles. The highest BCUT2D eigenvalue weighted by Gasteiger charge is 2.32. The second kappa shape index (κ2) is 5.41. The topological polar surface area (TPSA) is 63.2 Å². The number of ketones is 2. The van der Waals surface area contributed by atoms with Crippen molar-refractivity contribution in [3.05, 3.63) is 46.5 Å². The Bertz CT molecular complexity index is 628. The first-order chi connectivity index (χ1) is 9.43. The molecule has 0 saturated carbocycles. The van der Waals surface area contributed by atoms with Crippen molar-refractivity contribution in [1.29, 1.82) is 0 Å². The van der Waals surface area contributed by atoms with Crippen LogP contribution in [0.3, 0.4) is 0 Å². The molecular formula is C16H17NO3. The van der Waals surface area contributed by atoms with Crippen molar-refractivity contribution in [3.8, 4) is 0 Å². The number of nitrogens with one attached hydrogen (secondary N) is 1. The molecule has 4 heteroatoms. The smallest absolute Gasteiger partial charge is 0.216 e. The Morgan fingerprint density at radius 1 is 1.15 bits per heavy atom. The molecule has 1 unspecified atom stereocenters. The summed E-state index contributed by atoms with van der Waals surface area (Å²) in [6.07, 6.45) is 0. The lowest BCUT2D eigenvalue weighted by Crippen LogP contribution is -2.31. The number of hydrogen-bond donors (Lipinski definition) is 1. The summed E-state index contributed by atoms with van der Waals surface area (Å²) in [6.45, 7) is 5.30. The van der Waals surface area contributed by atoms with Crippen molar-refractivity contribution in [3.63, 3.8) is 0 Å². The van der Waals surface area contributed by atoms with E-state index in [9.17, 15) is 14.4 Å². The fourth-order valence-corrected chi connectivity index (χ4v) is 2.51. The van der Waals surface area contributed by atoms with Crippen LogP contribution in [-0.4, -0.2) is 24.0 Å². The van der Waals surface area contributed by atoms with Crippen molar-refractivity contribution in [2.45, 2.75) is 20.8 Å². The number of allylic oxidation sites excluding steroid dienone is 1. The van der Waals surface area contributed by atoms with E-state index in [4.69, 9.17) is 0 Å². The van der Waals surface area contributed by atoms with Gasteiger partial charge in [-0.2, -0.15) is 0 Å². The molecule has 0 fully saturated rings. The average Bonchev–Trinajstić information content (AvgIpc) is 2.43. The lowest BCUT2D eigenvalue weighted by atomic mass is 9.80. The number of Topliss-reactive ketones (excluding diaryl/α,β-unsaturated/α-hetero) is 2. The van der Waals surface area contributed by atoms with Crippen LogP contribution in [0.2, 0.25) is 0 Å². The van der Waals surface area contributed by atoms with Gasteiger partial charge in [0.05, 0.1) is 0 Å². The van der Waals surface area contributed by atoms with Crippen LogP contribution in [0.4, 0.5) is 0 Å². The summed E-state index contributed by atoms with van der Waals surface area (Å²) >= 11 is 0. The van der Waals surface area contributed by atoms with Crippen LogP contribution in [0.15, 0.2) is 35.4 Å². The lowest BCUT2D eigenvalue weighted by Gasteiger charge is -2.23. The zero-order valence-corrected chi connectivity index (χ0v) is 11.8. The van der Waals surface area contributed by atoms with Crippen LogP contribution in [-0.2, 0) is 4.79 Å². The number of rotatable bonds is 3. The van der Waals surface area contributed by atoms with Crippen molar-refractivity contribution in [2.24, 2.45) is 5.92 Å². The van der Waals surface area contributed by atoms with Gasteiger partial charge in [-0.25, -0.2) is 0 Å². The normalized spacial score (nSPS) is 15.9. The highest BCUT2D eigenvalue weighted by molar-refractivity contribution is 6.26. The molecule has 0 bridgehead atoms. The van der Waals surface area contributed by atoms with Crippen LogP contribution in [0.1, 0.15) is 41.5 Å². The van der Waals surface area contributed by atoms with E-state index in [2.05, 4.69) is 5.32 Å². The number of fused-ring (bicyclic) bond motifs is 1. The predicted molar refractivity (Wildman–Crippen MR) is 75.7 cm³/mol. The van der Waals surface area contributed by atoms with E-state index >= 15 is 0 Å². The Hall–Kier alpha value is -2.23. The zero-order chi connectivity index (χ0) is 14.9. The Morgan fingerprint density at radius 2 is 1.70 bits per heavy atom. The molecule has 1 N–H and O–H groups in total. The van der Waals surface area contributed by atoms with Crippen LogP contribution in [0.25, 0.3) is 0 Å². The molecule has 0 spiro atoms. The Morgan fingerprint density at radius 3 is 2.25 bits per heavy atom. The minimum absolute atomic E-state index is 0.107. The van der Waals surface area contributed by atoms with Crippen molar-refractivity contribution >= 4 is 17.5 Å². The Kier molecular flexibility index (Phi) is 3.84. The summed E-state index contributed by atoms with van der Waals surface area (Å²) in [4.78, 5) is 35.8. The fourth-order valence-electron chi connectivity index (χ4n) is 2.51. The van der Waals surface area contributed by atoms with Crippen LogP contribution < -0.4 is 5.32 Å². The molecule has 104 valence electrons. The van der Waals surface area contributed by atoms with Gasteiger partial charge in [-0.1, -0.05) is 31.2 Å². The van der Waals surface area contributed by atoms with Crippen LogP contribution >= 0.6 is 0 Å². The van der Waals surface area contributed by atoms with Crippen molar-refractivity contribution < 1.29 is 14.4 Å². The van der Waals surface area contributed by atoms with Gasteiger partial charge < -0.3 is 5.32 Å². The van der Waals surface area contributed by atoms with Gasteiger partial charge in [-0.15, -0.1) is 0 Å². The highest BCUT2D eigenvalue weighted by Crippen LogP contribution is 2.29. The fraction of sp³-hybridized carbons (Fsp3) is 0.312. The number of benzene rings is 1. The zero-order valence-electron chi connectivity index (χ0n) is 11.8. The molecule has 1 atom stereocenters. The standard InChI is InChI=1S/C16H17NO3/c1-9(8-17-11(3)18)14-10(2)15(19)12-6-4-5-7-13(12)16(14)20/h4-7,9H,8H2,1-3H3,(H,17,18). The first kappa shape index (κ1) is 14.2. The van der Waals surface area contributed by atoms with Crippen molar-refractivity contribution in [1.82, 2.24) is 5.32 Å². The molecule has 0 radical (unpaired) electrons. The molecule has 1 amide bonds. The third-order valence-corrected chi connectivity index (χ3v) is 3.56. The van der Waals surface area contributed by atoms with Gasteiger partial charge in [0.15, 0.2) is 11.6 Å². The average molecular weight is 271 g/mol. The minimum atomic E-state index is -0.191. The van der Waals surface area contributed by atoms with Gasteiger partial charge in [-0.3, -0.25) is 14.4 Å². The summed E-state index contributed by atoms with van der Waals surface area (Å²) in [5.41, 5.74) is 1.90. The highest BCUT2D eigenvalue weighted by atomic mass is 16.1. The molecular weight excluding hydrogens is 254 g/mol. The van der Waals surface area contributed by atoms with E-state index in [1.807, 2.05) is 6.92 Å². The first-order valence-corrected chi connectivity index (χ1v) is 6.57. The third kappa shape index (κ3) is 2.41. The van der Waals surface area contributed by atoms with Crippen LogP contribution in [0, 0.1) is 5.92 Å². The van der Waals surface area contributed by atoms with E-state index in [0.29, 0.717) is 28.8 Å². The van der Waals surface area contributed by atoms with Gasteiger partial charge in [0.1, 0.15) is 0 Å². The predicted octanol–water partition coefficient (Wildman–Crippen LogP) is 2.15. The van der Waals surface area contributed by atoms with Gasteiger partial charge in [0.25, 0.3) is 0 Å². The van der Waals surface area contributed by atoms with Gasteiger partial charge in [0, 0.05) is 41.7 Å². The summed E-state index contributed by atoms with van der Waals surface area (Å²) in [5.74, 6) is -0.561. The SMILES string of the molecule is CC(=O)NCC(C)C1=C(C)C(=O)c2ccccc2C1=O. The molecule has 1 aliphatic carbocycles. The molecule has 20 heavy (non-hydrogen) atoms. The minimum Gasteiger partial charge on any atom is -0.356 e. The number of carbonyl (C=O) groups excluding carboxylic acids is 3. The van der Waals surface area contributed by atoms with E-state index in [1.54, 1.807) is 31.2 Å². The van der Waals surface area contributed by atoms with E-state index in [-0.39, 0.29) is 23.4 Å². The molecule has 4 nitrogen and oxygen atoms in total. The summed E-state index contributed by atoms with van der Waals surface area (Å²) in [5, 5.41) is 2.69. The summed E-state index contributed by atoms with van der Waals surface area (Å²) in [6, 6.07) is 6.85. The molecule has 0 saturated heterocycles. The largest absolute Gasteiger partial charge is 0.356 e. The second-order valence-corrected chi connectivity index (χ2v) is 5.08. The quantitative estimate of drug-likeness (QED) is 0.916. The van der Waals surface area contributed by atoms with Gasteiger partial charge in [0.2, 0.25) is 5.91 Å². The number of amides is 1. The second-order valence-electron chi connectivity index (χ2n) is 5.08. The van der Waals surface area contributed by atoms with E-state index < -0.39 is 0 Å². The molecule has 0 aromatic heterocycles. The number of hydrogen-bond acceptors (Lipinski definition) is 3. The lowest BCUT2D eigenvalue weighted by molar-refractivity contribution is -0.119. The van der Waals surface area contributed by atoms with E-state index in [1.165, 1.54) is 6.92 Å². The third-order valence-electron chi connectivity index (χ3n) is 3.56. The number of carbonyl (C=O) groups is 3. The van der Waals surface area contributed by atoms with Gasteiger partial charge in [-0.05, 0) is 6.92 Å². The first-order valence-electron chi connectivity index (χ1n) is 6.57. The maximum atomic E-state index is 12.5. The summed E-state index contributed by atoms with van der Waals surface area (Å²) < 4.78 is 0. The van der Waals surface area contributed by atoms with E-state index in [0.717, 1.165) is 0 Å². The molecule has 0 heterocycles. The Balaban J connectivity index is 2.39. The monoisotopic (exact) mass is 271 g/mol. The molecule has 1 aliphatic rings.